The van der Waals surface area contributed by atoms with E-state index in [1.807, 2.05) is 7.05 Å². The number of nitrogens with one attached hydrogen (secondary N) is 1. The van der Waals surface area contributed by atoms with Crippen LogP contribution in [0.1, 0.15) is 0 Å². The summed E-state index contributed by atoms with van der Waals surface area (Å²) < 4.78 is 0. The lowest BCUT2D eigenvalue weighted by Crippen LogP contribution is -2.46. The van der Waals surface area contributed by atoms with Crippen molar-refractivity contribution in [3.63, 3.8) is 0 Å². The summed E-state index contributed by atoms with van der Waals surface area (Å²) in [7, 11) is 10.3. The fourth-order valence-electron chi connectivity index (χ4n) is 0.859. The fraction of sp³-hybridized carbons (Fsp3) is 1.00. The van der Waals surface area contributed by atoms with Gasteiger partial charge in [-0.05, 0) is 35.2 Å². The van der Waals surface area contributed by atoms with E-state index in [-0.39, 0.29) is 0 Å². The molecule has 0 saturated heterocycles. The van der Waals surface area contributed by atoms with Crippen LogP contribution in [0.3, 0.4) is 0 Å². The van der Waals surface area contributed by atoms with E-state index in [0.29, 0.717) is 6.17 Å². The molecule has 0 aromatic heterocycles. The lowest BCUT2D eigenvalue weighted by atomic mass is 10.4. The molecule has 10 heavy (non-hydrogen) atoms. The quantitative estimate of drug-likeness (QED) is 0.546. The van der Waals surface area contributed by atoms with Gasteiger partial charge >= 0.3 is 0 Å². The van der Waals surface area contributed by atoms with Gasteiger partial charge in [0, 0.05) is 6.54 Å². The highest BCUT2D eigenvalue weighted by atomic mass is 15.3. The zero-order valence-corrected chi connectivity index (χ0v) is 7.68. The summed E-state index contributed by atoms with van der Waals surface area (Å²) >= 11 is 0. The second kappa shape index (κ2) is 4.66. The first-order valence-electron chi connectivity index (χ1n) is 3.56. The highest BCUT2D eigenvalue weighted by Gasteiger charge is 2.07. The summed E-state index contributed by atoms with van der Waals surface area (Å²) in [6, 6.07) is 0. The monoisotopic (exact) mass is 145 g/mol. The van der Waals surface area contributed by atoms with Crippen LogP contribution in [0, 0.1) is 0 Å². The Hall–Kier alpha value is -0.120. The van der Waals surface area contributed by atoms with Crippen molar-refractivity contribution in [1.82, 2.24) is 15.1 Å². The highest BCUT2D eigenvalue weighted by molar-refractivity contribution is 4.62. The van der Waals surface area contributed by atoms with Crippen LogP contribution in [0.25, 0.3) is 0 Å². The van der Waals surface area contributed by atoms with Crippen molar-refractivity contribution in [3.8, 4) is 0 Å². The predicted octanol–water partition coefficient (Wildman–Crippen LogP) is -0.345. The summed E-state index contributed by atoms with van der Waals surface area (Å²) in [5, 5.41) is 3.22. The molecule has 0 spiro atoms. The number of nitrogens with zero attached hydrogens (tertiary/aromatic N) is 2. The number of likely N-dealkylation sites (N-methyl/N-ethyl adjacent to an activating group) is 3. The van der Waals surface area contributed by atoms with Crippen molar-refractivity contribution in [2.75, 3.05) is 41.8 Å². The molecule has 62 valence electrons. The van der Waals surface area contributed by atoms with Crippen molar-refractivity contribution in [1.29, 1.82) is 0 Å². The molecule has 3 heteroatoms. The lowest BCUT2D eigenvalue weighted by Gasteiger charge is -2.26. The van der Waals surface area contributed by atoms with Crippen molar-refractivity contribution in [2.24, 2.45) is 0 Å². The van der Waals surface area contributed by atoms with Crippen molar-refractivity contribution >= 4 is 0 Å². The minimum atomic E-state index is 0.454. The van der Waals surface area contributed by atoms with E-state index in [1.54, 1.807) is 0 Å². The molecular weight excluding hydrogens is 126 g/mol. The van der Waals surface area contributed by atoms with Gasteiger partial charge in [-0.1, -0.05) is 0 Å². The smallest absolute Gasteiger partial charge is 0.0720 e. The van der Waals surface area contributed by atoms with E-state index in [9.17, 15) is 0 Å². The summed E-state index contributed by atoms with van der Waals surface area (Å²) in [4.78, 5) is 4.33. The average molecular weight is 145 g/mol. The Balaban J connectivity index is 3.60. The van der Waals surface area contributed by atoms with Crippen molar-refractivity contribution in [3.05, 3.63) is 0 Å². The molecule has 0 aliphatic heterocycles. The summed E-state index contributed by atoms with van der Waals surface area (Å²) in [6.07, 6.45) is 0.454. The average Bonchev–Trinajstić information content (AvgIpc) is 1.81. The summed E-state index contributed by atoms with van der Waals surface area (Å²) in [5.41, 5.74) is 0. The molecule has 0 saturated carbocycles. The van der Waals surface area contributed by atoms with Crippen LogP contribution in [0.15, 0.2) is 0 Å². The topological polar surface area (TPSA) is 18.5 Å². The summed E-state index contributed by atoms with van der Waals surface area (Å²) in [5.74, 6) is 0. The lowest BCUT2D eigenvalue weighted by molar-refractivity contribution is 0.203. The second-order valence-corrected chi connectivity index (χ2v) is 3.03. The van der Waals surface area contributed by atoms with Crippen LogP contribution >= 0.6 is 0 Å². The first-order valence-corrected chi connectivity index (χ1v) is 3.56. The Morgan fingerprint density at radius 1 is 1.20 bits per heavy atom. The Bertz CT molecular complexity index is 80.9. The SMILES string of the molecule is CNC(CN(C)C)N(C)C. The maximum Gasteiger partial charge on any atom is 0.0720 e. The Labute approximate surface area is 64.0 Å². The molecule has 3 nitrogen and oxygen atoms in total. The predicted molar refractivity (Wildman–Crippen MR) is 45.1 cm³/mol. The van der Waals surface area contributed by atoms with Gasteiger partial charge in [0.25, 0.3) is 0 Å². The van der Waals surface area contributed by atoms with Crippen LogP contribution in [0.4, 0.5) is 0 Å². The molecule has 0 amide bonds. The van der Waals surface area contributed by atoms with Gasteiger partial charge in [0.05, 0.1) is 6.17 Å². The van der Waals surface area contributed by atoms with E-state index in [2.05, 4.69) is 43.3 Å². The normalized spacial score (nSPS) is 14.7. The van der Waals surface area contributed by atoms with Gasteiger partial charge in [-0.25, -0.2) is 0 Å². The van der Waals surface area contributed by atoms with E-state index < -0.39 is 0 Å². The van der Waals surface area contributed by atoms with Gasteiger partial charge in [0.1, 0.15) is 0 Å². The fourth-order valence-corrected chi connectivity index (χ4v) is 0.859. The molecule has 0 aliphatic rings. The molecule has 0 rings (SSSR count). The molecular formula is C7H19N3. The largest absolute Gasteiger partial charge is 0.307 e. The number of rotatable bonds is 4. The maximum atomic E-state index is 3.22. The summed E-state index contributed by atoms with van der Waals surface area (Å²) in [6.45, 7) is 1.05. The zero-order valence-electron chi connectivity index (χ0n) is 7.68. The first kappa shape index (κ1) is 9.88. The van der Waals surface area contributed by atoms with Crippen LogP contribution in [-0.4, -0.2) is 57.7 Å². The van der Waals surface area contributed by atoms with Crippen LogP contribution in [0.2, 0.25) is 0 Å². The Morgan fingerprint density at radius 2 is 1.70 bits per heavy atom. The molecule has 0 heterocycles. The van der Waals surface area contributed by atoms with Gasteiger partial charge in [-0.3, -0.25) is 4.90 Å². The third-order valence-electron chi connectivity index (χ3n) is 1.49. The van der Waals surface area contributed by atoms with Crippen molar-refractivity contribution in [2.45, 2.75) is 6.17 Å². The molecule has 1 atom stereocenters. The Morgan fingerprint density at radius 3 is 1.80 bits per heavy atom. The molecule has 1 N–H and O–H groups in total. The first-order chi connectivity index (χ1) is 4.57. The minimum Gasteiger partial charge on any atom is -0.307 e. The number of hydrogen-bond acceptors (Lipinski definition) is 3. The molecule has 0 bridgehead atoms. The van der Waals surface area contributed by atoms with Gasteiger partial charge in [0.15, 0.2) is 0 Å². The van der Waals surface area contributed by atoms with E-state index in [1.165, 1.54) is 0 Å². The third-order valence-corrected chi connectivity index (χ3v) is 1.49. The van der Waals surface area contributed by atoms with Gasteiger partial charge < -0.3 is 10.2 Å². The molecule has 1 unspecified atom stereocenters. The van der Waals surface area contributed by atoms with Gasteiger partial charge in [-0.15, -0.1) is 0 Å². The molecule has 0 aromatic rings. The molecule has 0 aliphatic carbocycles. The van der Waals surface area contributed by atoms with E-state index >= 15 is 0 Å². The van der Waals surface area contributed by atoms with Gasteiger partial charge in [-0.2, -0.15) is 0 Å². The Kier molecular flexibility index (Phi) is 4.60. The van der Waals surface area contributed by atoms with Crippen LogP contribution in [0.5, 0.6) is 0 Å². The maximum absolute atomic E-state index is 3.22. The highest BCUT2D eigenvalue weighted by Crippen LogP contribution is 1.88. The molecule has 0 radical (unpaired) electrons. The second-order valence-electron chi connectivity index (χ2n) is 3.03. The third kappa shape index (κ3) is 3.82. The van der Waals surface area contributed by atoms with Crippen LogP contribution in [-0.2, 0) is 0 Å². The van der Waals surface area contributed by atoms with Gasteiger partial charge in [0.2, 0.25) is 0 Å². The minimum absolute atomic E-state index is 0.454. The van der Waals surface area contributed by atoms with Crippen molar-refractivity contribution < 1.29 is 0 Å². The zero-order chi connectivity index (χ0) is 8.15. The van der Waals surface area contributed by atoms with E-state index in [4.69, 9.17) is 0 Å². The molecule has 0 aromatic carbocycles. The van der Waals surface area contributed by atoms with E-state index in [0.717, 1.165) is 6.54 Å². The number of hydrogen-bond donors (Lipinski definition) is 1. The standard InChI is InChI=1S/C7H19N3/c1-8-7(10(4)5)6-9(2)3/h7-8H,6H2,1-5H3. The molecule has 0 fully saturated rings. The van der Waals surface area contributed by atoms with Crippen LogP contribution < -0.4 is 5.32 Å².